The molecule has 0 unspecified atom stereocenters. The van der Waals surface area contributed by atoms with Gasteiger partial charge in [-0.3, -0.25) is 9.88 Å². The zero-order valence-corrected chi connectivity index (χ0v) is 14.7. The van der Waals surface area contributed by atoms with Crippen LogP contribution in [0.5, 0.6) is 0 Å². The maximum atomic E-state index is 5.96. The van der Waals surface area contributed by atoms with Crippen LogP contribution in [0, 0.1) is 0 Å². The van der Waals surface area contributed by atoms with Gasteiger partial charge in [-0.15, -0.1) is 0 Å². The zero-order valence-electron chi connectivity index (χ0n) is 14.7. The maximum absolute atomic E-state index is 5.96. The lowest BCUT2D eigenvalue weighted by molar-refractivity contribution is -0.0316. The van der Waals surface area contributed by atoms with E-state index >= 15 is 0 Å². The maximum Gasteiger partial charge on any atom is 0.115 e. The van der Waals surface area contributed by atoms with Crippen molar-refractivity contribution in [1.29, 1.82) is 0 Å². The lowest BCUT2D eigenvalue weighted by atomic mass is 10.1. The number of hydrogen-bond acceptors (Lipinski definition) is 5. The fourth-order valence-corrected chi connectivity index (χ4v) is 3.23. The van der Waals surface area contributed by atoms with Crippen LogP contribution in [0.3, 0.4) is 0 Å². The molecule has 132 valence electrons. The molecule has 5 heteroatoms. The Morgan fingerprint density at radius 1 is 0.962 bits per heavy atom. The summed E-state index contributed by atoms with van der Waals surface area (Å²) in [5.41, 5.74) is 4.35. The van der Waals surface area contributed by atoms with Crippen LogP contribution in [-0.4, -0.2) is 46.1 Å². The highest BCUT2D eigenvalue weighted by atomic mass is 16.5. The third-order valence-corrected chi connectivity index (χ3v) is 4.72. The number of pyridine rings is 1. The third kappa shape index (κ3) is 4.12. The largest absolute Gasteiger partial charge is 0.369 e. The smallest absolute Gasteiger partial charge is 0.115 e. The summed E-state index contributed by atoms with van der Waals surface area (Å²) in [5, 5.41) is 0. The van der Waals surface area contributed by atoms with Crippen molar-refractivity contribution in [3.05, 3.63) is 78.6 Å². The van der Waals surface area contributed by atoms with Crippen LogP contribution in [-0.2, 0) is 11.2 Å². The van der Waals surface area contributed by atoms with Crippen LogP contribution in [0.15, 0.2) is 67.4 Å². The van der Waals surface area contributed by atoms with E-state index in [1.807, 2.05) is 12.3 Å². The molecule has 0 spiro atoms. The van der Waals surface area contributed by atoms with E-state index in [0.717, 1.165) is 49.5 Å². The molecule has 5 nitrogen and oxygen atoms in total. The zero-order chi connectivity index (χ0) is 17.6. The van der Waals surface area contributed by atoms with Crippen molar-refractivity contribution in [2.45, 2.75) is 12.5 Å². The van der Waals surface area contributed by atoms with Crippen molar-refractivity contribution in [2.24, 2.45) is 0 Å². The Bertz CT molecular complexity index is 808. The van der Waals surface area contributed by atoms with Crippen molar-refractivity contribution >= 4 is 0 Å². The molecule has 1 aromatic carbocycles. The van der Waals surface area contributed by atoms with E-state index in [9.17, 15) is 0 Å². The van der Waals surface area contributed by atoms with Gasteiger partial charge in [0.1, 0.15) is 12.4 Å². The fraction of sp³-hybridized carbons (Fsp3) is 0.286. The van der Waals surface area contributed by atoms with E-state index in [0.29, 0.717) is 0 Å². The lowest BCUT2D eigenvalue weighted by Gasteiger charge is -2.32. The van der Waals surface area contributed by atoms with Gasteiger partial charge >= 0.3 is 0 Å². The van der Waals surface area contributed by atoms with E-state index in [-0.39, 0.29) is 6.10 Å². The monoisotopic (exact) mass is 346 g/mol. The highest BCUT2D eigenvalue weighted by molar-refractivity contribution is 5.60. The van der Waals surface area contributed by atoms with E-state index in [4.69, 9.17) is 4.74 Å². The molecular formula is C21H22N4O. The van der Waals surface area contributed by atoms with Crippen molar-refractivity contribution < 1.29 is 4.74 Å². The molecule has 4 rings (SSSR count). The average molecular weight is 346 g/mol. The molecule has 0 radical (unpaired) electrons. The van der Waals surface area contributed by atoms with Crippen LogP contribution in [0.2, 0.25) is 0 Å². The topological polar surface area (TPSA) is 51.1 Å². The van der Waals surface area contributed by atoms with E-state index < -0.39 is 0 Å². The minimum Gasteiger partial charge on any atom is -0.369 e. The number of aromatic nitrogens is 3. The standard InChI is InChI=1S/C21H22N4O/c1-2-4-17(5-3-1)8-9-25-10-11-26-21(15-25)20-7-6-18(14-24-20)19-12-22-16-23-13-19/h1-7,12-14,16,21H,8-11,15H2/t21-/m1/s1. The van der Waals surface area contributed by atoms with Crippen molar-refractivity contribution in [3.63, 3.8) is 0 Å². The van der Waals surface area contributed by atoms with Gasteiger partial charge in [-0.05, 0) is 18.1 Å². The van der Waals surface area contributed by atoms with Gasteiger partial charge in [0.15, 0.2) is 0 Å². The van der Waals surface area contributed by atoms with Gasteiger partial charge in [0, 0.05) is 49.4 Å². The Kier molecular flexibility index (Phi) is 5.28. The molecule has 0 bridgehead atoms. The summed E-state index contributed by atoms with van der Waals surface area (Å²) in [7, 11) is 0. The second kappa shape index (κ2) is 8.17. The molecule has 1 atom stereocenters. The minimum absolute atomic E-state index is 0.0283. The van der Waals surface area contributed by atoms with Gasteiger partial charge in [0.05, 0.1) is 12.3 Å². The van der Waals surface area contributed by atoms with Crippen LogP contribution >= 0.6 is 0 Å². The predicted molar refractivity (Wildman–Crippen MR) is 101 cm³/mol. The van der Waals surface area contributed by atoms with Gasteiger partial charge in [-0.2, -0.15) is 0 Å². The molecule has 1 saturated heterocycles. The first-order valence-electron chi connectivity index (χ1n) is 8.98. The first kappa shape index (κ1) is 16.8. The van der Waals surface area contributed by atoms with Crippen LogP contribution in [0.25, 0.3) is 11.1 Å². The van der Waals surface area contributed by atoms with Crippen molar-refractivity contribution in [2.75, 3.05) is 26.2 Å². The summed E-state index contributed by atoms with van der Waals surface area (Å²) in [5.74, 6) is 0. The van der Waals surface area contributed by atoms with Crippen LogP contribution in [0.1, 0.15) is 17.4 Å². The molecule has 3 heterocycles. The summed E-state index contributed by atoms with van der Waals surface area (Å²) < 4.78 is 5.96. The van der Waals surface area contributed by atoms with Crippen molar-refractivity contribution in [3.8, 4) is 11.1 Å². The molecule has 1 aliphatic heterocycles. The SMILES string of the molecule is c1ccc(CCN2CCO[C@@H](c3ccc(-c4cncnc4)cn3)C2)cc1. The second-order valence-corrected chi connectivity index (χ2v) is 6.49. The molecule has 0 N–H and O–H groups in total. The van der Waals surface area contributed by atoms with Gasteiger partial charge in [-0.1, -0.05) is 36.4 Å². The molecule has 26 heavy (non-hydrogen) atoms. The molecule has 1 fully saturated rings. The number of nitrogens with zero attached hydrogens (tertiary/aromatic N) is 4. The summed E-state index contributed by atoms with van der Waals surface area (Å²) in [6, 6.07) is 14.7. The van der Waals surface area contributed by atoms with Gasteiger partial charge in [-0.25, -0.2) is 9.97 Å². The minimum atomic E-state index is 0.0283. The van der Waals surface area contributed by atoms with Gasteiger partial charge < -0.3 is 4.74 Å². The van der Waals surface area contributed by atoms with Crippen LogP contribution < -0.4 is 0 Å². The summed E-state index contributed by atoms with van der Waals surface area (Å²) in [6.45, 7) is 3.65. The molecule has 0 amide bonds. The Labute approximate surface area is 153 Å². The molecule has 0 aliphatic carbocycles. The number of morpholine rings is 1. The van der Waals surface area contributed by atoms with Crippen molar-refractivity contribution in [1.82, 2.24) is 19.9 Å². The summed E-state index contributed by atoms with van der Waals surface area (Å²) in [4.78, 5) is 15.2. The lowest BCUT2D eigenvalue weighted by Crippen LogP contribution is -2.39. The van der Waals surface area contributed by atoms with E-state index in [1.54, 1.807) is 12.4 Å². The second-order valence-electron chi connectivity index (χ2n) is 6.49. The van der Waals surface area contributed by atoms with E-state index in [1.165, 1.54) is 11.9 Å². The Morgan fingerprint density at radius 2 is 1.81 bits per heavy atom. The molecular weight excluding hydrogens is 324 g/mol. The fourth-order valence-electron chi connectivity index (χ4n) is 3.23. The summed E-state index contributed by atoms with van der Waals surface area (Å²) >= 11 is 0. The quantitative estimate of drug-likeness (QED) is 0.710. The molecule has 2 aromatic heterocycles. The molecule has 0 saturated carbocycles. The number of benzene rings is 1. The molecule has 3 aromatic rings. The third-order valence-electron chi connectivity index (χ3n) is 4.72. The number of hydrogen-bond donors (Lipinski definition) is 0. The highest BCUT2D eigenvalue weighted by Crippen LogP contribution is 2.23. The van der Waals surface area contributed by atoms with E-state index in [2.05, 4.69) is 56.3 Å². The molecule has 1 aliphatic rings. The van der Waals surface area contributed by atoms with Gasteiger partial charge in [0.2, 0.25) is 0 Å². The normalized spacial score (nSPS) is 17.9. The highest BCUT2D eigenvalue weighted by Gasteiger charge is 2.22. The first-order valence-corrected chi connectivity index (χ1v) is 8.98. The van der Waals surface area contributed by atoms with Gasteiger partial charge in [0.25, 0.3) is 0 Å². The summed E-state index contributed by atoms with van der Waals surface area (Å²) in [6.07, 6.45) is 8.10. The number of rotatable bonds is 5. The Morgan fingerprint density at radius 3 is 2.58 bits per heavy atom. The first-order chi connectivity index (χ1) is 12.9. The average Bonchev–Trinajstić information content (AvgIpc) is 2.74. The Hall–Kier alpha value is -2.63. The predicted octanol–water partition coefficient (Wildman–Crippen LogP) is 3.15. The van der Waals surface area contributed by atoms with Crippen LogP contribution in [0.4, 0.5) is 0 Å². The Balaban J connectivity index is 1.38. The number of ether oxygens (including phenoxy) is 1.